The number of anilines is 2. The molecule has 0 saturated heterocycles. The fourth-order valence-electron chi connectivity index (χ4n) is 2.45. The van der Waals surface area contributed by atoms with Gasteiger partial charge in [0, 0.05) is 27.0 Å². The highest BCUT2D eigenvalue weighted by atomic mass is 79.9. The predicted octanol–water partition coefficient (Wildman–Crippen LogP) is 6.39. The summed E-state index contributed by atoms with van der Waals surface area (Å²) in [5, 5.41) is 3.71. The highest BCUT2D eigenvalue weighted by Gasteiger charge is 2.15. The number of benzene rings is 3. The molecule has 0 saturated carbocycles. The SMILES string of the molecule is Cc1ccccc1C(=O)c1ccc(Nc2ccc(Br)cc2)cc1Cl. The molecule has 1 N–H and O–H groups in total. The molecular formula is C20H15BrClNO. The fraction of sp³-hybridized carbons (Fsp3) is 0.0500. The summed E-state index contributed by atoms with van der Waals surface area (Å²) in [5.41, 5.74) is 3.91. The lowest BCUT2D eigenvalue weighted by molar-refractivity contribution is 0.103. The van der Waals surface area contributed by atoms with Crippen molar-refractivity contribution in [3.63, 3.8) is 0 Å². The normalized spacial score (nSPS) is 10.5. The van der Waals surface area contributed by atoms with Gasteiger partial charge in [0.05, 0.1) is 5.02 Å². The predicted molar refractivity (Wildman–Crippen MR) is 103 cm³/mol. The molecule has 0 aliphatic rings. The topological polar surface area (TPSA) is 29.1 Å². The maximum absolute atomic E-state index is 12.7. The maximum atomic E-state index is 12.7. The molecule has 0 aliphatic heterocycles. The van der Waals surface area contributed by atoms with Crippen LogP contribution in [0.1, 0.15) is 21.5 Å². The second kappa shape index (κ2) is 7.20. The molecule has 120 valence electrons. The summed E-state index contributed by atoms with van der Waals surface area (Å²) in [5.74, 6) is -0.0618. The van der Waals surface area contributed by atoms with Crippen molar-refractivity contribution in [2.45, 2.75) is 6.92 Å². The fourth-order valence-corrected chi connectivity index (χ4v) is 2.98. The smallest absolute Gasteiger partial charge is 0.194 e. The van der Waals surface area contributed by atoms with Gasteiger partial charge in [0.1, 0.15) is 0 Å². The third kappa shape index (κ3) is 3.69. The van der Waals surface area contributed by atoms with Crippen LogP contribution in [0.4, 0.5) is 11.4 Å². The number of rotatable bonds is 4. The number of ketones is 1. The monoisotopic (exact) mass is 399 g/mol. The van der Waals surface area contributed by atoms with Gasteiger partial charge in [-0.1, -0.05) is 51.8 Å². The molecule has 0 fully saturated rings. The van der Waals surface area contributed by atoms with Crippen molar-refractivity contribution in [3.8, 4) is 0 Å². The first-order valence-corrected chi connectivity index (χ1v) is 8.64. The molecule has 3 aromatic rings. The number of hydrogen-bond donors (Lipinski definition) is 1. The Morgan fingerprint density at radius 1 is 0.917 bits per heavy atom. The van der Waals surface area contributed by atoms with Crippen molar-refractivity contribution in [2.24, 2.45) is 0 Å². The Kier molecular flexibility index (Phi) is 5.03. The van der Waals surface area contributed by atoms with E-state index in [4.69, 9.17) is 11.6 Å². The van der Waals surface area contributed by atoms with Crippen LogP contribution in [-0.2, 0) is 0 Å². The Labute approximate surface area is 154 Å². The molecule has 3 aromatic carbocycles. The zero-order valence-corrected chi connectivity index (χ0v) is 15.4. The van der Waals surface area contributed by atoms with Crippen molar-refractivity contribution in [1.29, 1.82) is 0 Å². The van der Waals surface area contributed by atoms with Gasteiger partial charge in [0.15, 0.2) is 5.78 Å². The Morgan fingerprint density at radius 3 is 2.25 bits per heavy atom. The van der Waals surface area contributed by atoms with Crippen molar-refractivity contribution in [1.82, 2.24) is 0 Å². The summed E-state index contributed by atoms with van der Waals surface area (Å²) in [4.78, 5) is 12.7. The van der Waals surface area contributed by atoms with Crippen LogP contribution in [0.3, 0.4) is 0 Å². The Bertz CT molecular complexity index is 890. The Hall–Kier alpha value is -2.10. The summed E-state index contributed by atoms with van der Waals surface area (Å²) >= 11 is 9.76. The Morgan fingerprint density at radius 2 is 1.58 bits per heavy atom. The van der Waals surface area contributed by atoms with Crippen LogP contribution in [0.2, 0.25) is 5.02 Å². The molecule has 4 heteroatoms. The van der Waals surface area contributed by atoms with E-state index >= 15 is 0 Å². The van der Waals surface area contributed by atoms with Gasteiger partial charge in [-0.2, -0.15) is 0 Å². The molecule has 3 rings (SSSR count). The lowest BCUT2D eigenvalue weighted by atomic mass is 9.99. The molecule has 0 spiro atoms. The summed E-state index contributed by atoms with van der Waals surface area (Å²) in [7, 11) is 0. The second-order valence-corrected chi connectivity index (χ2v) is 6.79. The van der Waals surface area contributed by atoms with Gasteiger partial charge in [0.2, 0.25) is 0 Å². The second-order valence-electron chi connectivity index (χ2n) is 5.47. The quantitative estimate of drug-likeness (QED) is 0.514. The number of halogens is 2. The van der Waals surface area contributed by atoms with Crippen LogP contribution in [-0.4, -0.2) is 5.78 Å². The van der Waals surface area contributed by atoms with Gasteiger partial charge in [-0.25, -0.2) is 0 Å². The van der Waals surface area contributed by atoms with Crippen LogP contribution in [0.5, 0.6) is 0 Å². The first kappa shape index (κ1) is 16.7. The van der Waals surface area contributed by atoms with Gasteiger partial charge in [-0.05, 0) is 55.0 Å². The van der Waals surface area contributed by atoms with Crippen LogP contribution in [0, 0.1) is 6.92 Å². The van der Waals surface area contributed by atoms with E-state index in [-0.39, 0.29) is 5.78 Å². The van der Waals surface area contributed by atoms with Gasteiger partial charge < -0.3 is 5.32 Å². The summed E-state index contributed by atoms with van der Waals surface area (Å²) in [6.45, 7) is 1.92. The molecule has 0 bridgehead atoms. The molecule has 24 heavy (non-hydrogen) atoms. The molecule has 0 aromatic heterocycles. The average Bonchev–Trinajstić information content (AvgIpc) is 2.57. The minimum absolute atomic E-state index is 0.0618. The lowest BCUT2D eigenvalue weighted by Crippen LogP contribution is -2.04. The number of nitrogens with one attached hydrogen (secondary N) is 1. The highest BCUT2D eigenvalue weighted by Crippen LogP contribution is 2.27. The third-order valence-electron chi connectivity index (χ3n) is 3.74. The van der Waals surface area contributed by atoms with Crippen LogP contribution in [0.15, 0.2) is 71.2 Å². The Balaban J connectivity index is 1.86. The van der Waals surface area contributed by atoms with E-state index in [1.54, 1.807) is 12.1 Å². The number of carbonyl (C=O) groups excluding carboxylic acids is 1. The molecule has 0 amide bonds. The van der Waals surface area contributed by atoms with Crippen molar-refractivity contribution in [3.05, 3.63) is 92.9 Å². The van der Waals surface area contributed by atoms with E-state index in [9.17, 15) is 4.79 Å². The molecule has 0 heterocycles. The first-order chi connectivity index (χ1) is 11.5. The summed E-state index contributed by atoms with van der Waals surface area (Å²) in [6.07, 6.45) is 0. The van der Waals surface area contributed by atoms with Crippen molar-refractivity contribution >= 4 is 44.7 Å². The molecule has 0 radical (unpaired) electrons. The number of carbonyl (C=O) groups is 1. The largest absolute Gasteiger partial charge is 0.355 e. The molecule has 0 atom stereocenters. The van der Waals surface area contributed by atoms with E-state index in [1.165, 1.54) is 0 Å². The number of hydrogen-bond acceptors (Lipinski definition) is 2. The standard InChI is InChI=1S/C20H15BrClNO/c1-13-4-2-3-5-17(13)20(24)18-11-10-16(12-19(18)22)23-15-8-6-14(21)7-9-15/h2-12,23H,1H3. The molecule has 0 aliphatic carbocycles. The van der Waals surface area contributed by atoms with Gasteiger partial charge in [0.25, 0.3) is 0 Å². The van der Waals surface area contributed by atoms with Crippen LogP contribution in [0.25, 0.3) is 0 Å². The van der Waals surface area contributed by atoms with E-state index in [0.29, 0.717) is 16.1 Å². The third-order valence-corrected chi connectivity index (χ3v) is 4.58. The summed E-state index contributed by atoms with van der Waals surface area (Å²) < 4.78 is 1.02. The number of aryl methyl sites for hydroxylation is 1. The molecule has 0 unspecified atom stereocenters. The first-order valence-electron chi connectivity index (χ1n) is 7.47. The van der Waals surface area contributed by atoms with Gasteiger partial charge in [-0.3, -0.25) is 4.79 Å². The minimum Gasteiger partial charge on any atom is -0.355 e. The lowest BCUT2D eigenvalue weighted by Gasteiger charge is -2.10. The van der Waals surface area contributed by atoms with E-state index in [1.807, 2.05) is 61.5 Å². The van der Waals surface area contributed by atoms with E-state index in [0.717, 1.165) is 21.4 Å². The van der Waals surface area contributed by atoms with E-state index < -0.39 is 0 Å². The van der Waals surface area contributed by atoms with Gasteiger partial charge >= 0.3 is 0 Å². The maximum Gasteiger partial charge on any atom is 0.194 e. The van der Waals surface area contributed by atoms with Crippen molar-refractivity contribution in [2.75, 3.05) is 5.32 Å². The highest BCUT2D eigenvalue weighted by molar-refractivity contribution is 9.10. The van der Waals surface area contributed by atoms with Crippen LogP contribution >= 0.6 is 27.5 Å². The van der Waals surface area contributed by atoms with Crippen molar-refractivity contribution < 1.29 is 4.79 Å². The zero-order valence-electron chi connectivity index (χ0n) is 13.0. The minimum atomic E-state index is -0.0618. The molecular weight excluding hydrogens is 386 g/mol. The zero-order chi connectivity index (χ0) is 17.1. The average molecular weight is 401 g/mol. The van der Waals surface area contributed by atoms with E-state index in [2.05, 4.69) is 21.2 Å². The van der Waals surface area contributed by atoms with Gasteiger partial charge in [-0.15, -0.1) is 0 Å². The summed E-state index contributed by atoms with van der Waals surface area (Å²) in [6, 6.07) is 20.8. The molecule has 2 nitrogen and oxygen atoms in total. The van der Waals surface area contributed by atoms with Crippen LogP contribution < -0.4 is 5.32 Å².